The molecule has 4 rings (SSSR count). The number of halogens is 6. The molecule has 0 radical (unpaired) electrons. The van der Waals surface area contributed by atoms with Gasteiger partial charge in [-0.15, -0.1) is 0 Å². The number of nitrogens with zero attached hydrogens (tertiary/aromatic N) is 3. The van der Waals surface area contributed by atoms with Crippen LogP contribution in [0.4, 0.5) is 33.3 Å². The zero-order chi connectivity index (χ0) is 24.9. The summed E-state index contributed by atoms with van der Waals surface area (Å²) in [7, 11) is 0. The summed E-state index contributed by atoms with van der Waals surface area (Å²) in [6, 6.07) is 6.54. The molecule has 7 nitrogen and oxygen atoms in total. The quantitative estimate of drug-likeness (QED) is 0.110. The van der Waals surface area contributed by atoms with Crippen molar-refractivity contribution >= 4 is 40.7 Å². The van der Waals surface area contributed by atoms with Crippen molar-refractivity contribution in [2.24, 2.45) is 5.10 Å². The van der Waals surface area contributed by atoms with E-state index in [1.165, 1.54) is 31.2 Å². The van der Waals surface area contributed by atoms with Crippen molar-refractivity contribution in [3.63, 3.8) is 0 Å². The Balaban J connectivity index is 1.69. The Morgan fingerprint density at radius 3 is 2.24 bits per heavy atom. The molecule has 1 aliphatic rings. The van der Waals surface area contributed by atoms with Crippen molar-refractivity contribution in [3.05, 3.63) is 85.9 Å². The molecule has 1 aliphatic heterocycles. The zero-order valence-corrected chi connectivity index (χ0v) is 17.5. The number of benzene rings is 2. The SMILES string of the molecule is CC1=NN(c2c(F)c(F)c(F)c(F)c2F)C(=O)/C1=C/c1ccc(-c2ccc([N+](=O)[O-])cc2Cl)o1. The molecule has 2 heterocycles. The molecule has 0 atom stereocenters. The van der Waals surface area contributed by atoms with Gasteiger partial charge in [0.2, 0.25) is 5.82 Å². The van der Waals surface area contributed by atoms with E-state index in [0.29, 0.717) is 5.56 Å². The van der Waals surface area contributed by atoms with Gasteiger partial charge in [0.1, 0.15) is 17.2 Å². The number of hydrogen-bond donors (Lipinski definition) is 0. The number of carbonyl (C=O) groups is 1. The fourth-order valence-electron chi connectivity index (χ4n) is 3.15. The molecule has 0 spiro atoms. The third-order valence-corrected chi connectivity index (χ3v) is 5.12. The van der Waals surface area contributed by atoms with Crippen LogP contribution in [0.15, 0.2) is 45.4 Å². The van der Waals surface area contributed by atoms with Crippen LogP contribution in [0.25, 0.3) is 17.4 Å². The van der Waals surface area contributed by atoms with Crippen LogP contribution in [-0.4, -0.2) is 16.5 Å². The highest BCUT2D eigenvalue weighted by Crippen LogP contribution is 2.35. The summed E-state index contributed by atoms with van der Waals surface area (Å²) >= 11 is 6.07. The van der Waals surface area contributed by atoms with Crippen molar-refractivity contribution in [1.82, 2.24) is 0 Å². The fraction of sp³-hybridized carbons (Fsp3) is 0.0476. The first kappa shape index (κ1) is 23.1. The first-order valence-corrected chi connectivity index (χ1v) is 9.56. The van der Waals surface area contributed by atoms with E-state index >= 15 is 0 Å². The van der Waals surface area contributed by atoms with Gasteiger partial charge >= 0.3 is 0 Å². The van der Waals surface area contributed by atoms with Gasteiger partial charge in [-0.3, -0.25) is 14.9 Å². The highest BCUT2D eigenvalue weighted by molar-refractivity contribution is 6.33. The minimum atomic E-state index is -2.37. The molecule has 0 N–H and O–H groups in total. The van der Waals surface area contributed by atoms with E-state index in [0.717, 1.165) is 12.1 Å². The second-order valence-corrected chi connectivity index (χ2v) is 7.31. The van der Waals surface area contributed by atoms with Crippen molar-refractivity contribution in [3.8, 4) is 11.3 Å². The van der Waals surface area contributed by atoms with Crippen LogP contribution >= 0.6 is 11.6 Å². The lowest BCUT2D eigenvalue weighted by molar-refractivity contribution is -0.384. The van der Waals surface area contributed by atoms with Gasteiger partial charge < -0.3 is 4.42 Å². The maximum absolute atomic E-state index is 14.1. The van der Waals surface area contributed by atoms with Crippen LogP contribution in [0.2, 0.25) is 5.02 Å². The number of nitro groups is 1. The Bertz CT molecular complexity index is 1420. The molecule has 1 aromatic heterocycles. The van der Waals surface area contributed by atoms with Crippen LogP contribution in [0.3, 0.4) is 0 Å². The number of anilines is 1. The molecule has 1 amide bonds. The lowest BCUT2D eigenvalue weighted by atomic mass is 10.1. The molecule has 34 heavy (non-hydrogen) atoms. The minimum Gasteiger partial charge on any atom is -0.457 e. The Kier molecular flexibility index (Phi) is 5.69. The highest BCUT2D eigenvalue weighted by Gasteiger charge is 2.37. The first-order chi connectivity index (χ1) is 16.0. The predicted molar refractivity (Wildman–Crippen MR) is 111 cm³/mol. The fourth-order valence-corrected chi connectivity index (χ4v) is 3.42. The number of nitro benzene ring substituents is 1. The third-order valence-electron chi connectivity index (χ3n) is 4.80. The normalized spacial score (nSPS) is 14.8. The average molecular weight is 498 g/mol. The van der Waals surface area contributed by atoms with Gasteiger partial charge in [-0.2, -0.15) is 10.1 Å². The first-order valence-electron chi connectivity index (χ1n) is 9.18. The smallest absolute Gasteiger partial charge is 0.280 e. The molecule has 0 saturated carbocycles. The van der Waals surface area contributed by atoms with Crippen LogP contribution in [0.5, 0.6) is 0 Å². The molecular weight excluding hydrogens is 489 g/mol. The van der Waals surface area contributed by atoms with Gasteiger partial charge in [0, 0.05) is 17.7 Å². The molecular formula is C21H9ClF5N3O4. The van der Waals surface area contributed by atoms with Gasteiger partial charge in [0.05, 0.1) is 21.2 Å². The second-order valence-electron chi connectivity index (χ2n) is 6.90. The third kappa shape index (κ3) is 3.71. The maximum atomic E-state index is 14.1. The summed E-state index contributed by atoms with van der Waals surface area (Å²) in [5.41, 5.74) is -1.76. The number of hydrogen-bond acceptors (Lipinski definition) is 5. The Morgan fingerprint density at radius 2 is 1.65 bits per heavy atom. The van der Waals surface area contributed by atoms with E-state index in [9.17, 15) is 36.9 Å². The van der Waals surface area contributed by atoms with Gasteiger partial charge in [-0.1, -0.05) is 11.6 Å². The van der Waals surface area contributed by atoms with Crippen LogP contribution in [0.1, 0.15) is 12.7 Å². The van der Waals surface area contributed by atoms with Gasteiger partial charge in [0.25, 0.3) is 11.6 Å². The summed E-state index contributed by atoms with van der Waals surface area (Å²) in [5, 5.41) is 14.6. The van der Waals surface area contributed by atoms with Gasteiger partial charge in [-0.05, 0) is 31.2 Å². The number of hydrazone groups is 1. The monoisotopic (exact) mass is 497 g/mol. The second kappa shape index (κ2) is 8.37. The number of non-ortho nitro benzene ring substituents is 1. The number of furan rings is 1. The summed E-state index contributed by atoms with van der Waals surface area (Å²) in [5.74, 6) is -12.1. The molecule has 3 aromatic rings. The molecule has 0 saturated heterocycles. The molecule has 0 aliphatic carbocycles. The molecule has 0 unspecified atom stereocenters. The molecule has 174 valence electrons. The summed E-state index contributed by atoms with van der Waals surface area (Å²) in [4.78, 5) is 22.9. The average Bonchev–Trinajstić information content (AvgIpc) is 3.36. The van der Waals surface area contributed by atoms with Crippen molar-refractivity contribution in [2.75, 3.05) is 5.01 Å². The van der Waals surface area contributed by atoms with Gasteiger partial charge in [-0.25, -0.2) is 22.0 Å². The number of amides is 1. The number of carbonyl (C=O) groups excluding carboxylic acids is 1. The Morgan fingerprint density at radius 1 is 1.03 bits per heavy atom. The van der Waals surface area contributed by atoms with Crippen LogP contribution in [0, 0.1) is 39.2 Å². The van der Waals surface area contributed by atoms with Crippen LogP contribution < -0.4 is 5.01 Å². The molecule has 0 bridgehead atoms. The molecule has 13 heteroatoms. The highest BCUT2D eigenvalue weighted by atomic mass is 35.5. The van der Waals surface area contributed by atoms with E-state index in [-0.39, 0.29) is 38.5 Å². The Labute approximate surface area is 191 Å². The largest absolute Gasteiger partial charge is 0.457 e. The van der Waals surface area contributed by atoms with E-state index in [2.05, 4.69) is 5.10 Å². The summed E-state index contributed by atoms with van der Waals surface area (Å²) in [6.45, 7) is 1.28. The lowest BCUT2D eigenvalue weighted by Crippen LogP contribution is -2.25. The molecule has 0 fully saturated rings. The maximum Gasteiger partial charge on any atom is 0.280 e. The Hall–Kier alpha value is -4.06. The predicted octanol–water partition coefficient (Wildman–Crippen LogP) is 6.01. The minimum absolute atomic E-state index is 0.0231. The van der Waals surface area contributed by atoms with E-state index in [1.807, 2.05) is 0 Å². The summed E-state index contributed by atoms with van der Waals surface area (Å²) in [6.07, 6.45) is 1.15. The van der Waals surface area contributed by atoms with Crippen molar-refractivity contribution < 1.29 is 36.1 Å². The van der Waals surface area contributed by atoms with E-state index in [1.54, 1.807) is 0 Å². The number of rotatable bonds is 4. The van der Waals surface area contributed by atoms with E-state index < -0.39 is 45.6 Å². The van der Waals surface area contributed by atoms with Crippen molar-refractivity contribution in [1.29, 1.82) is 0 Å². The van der Waals surface area contributed by atoms with Crippen LogP contribution in [-0.2, 0) is 4.79 Å². The van der Waals surface area contributed by atoms with Gasteiger partial charge in [0.15, 0.2) is 23.3 Å². The van der Waals surface area contributed by atoms with Crippen molar-refractivity contribution in [2.45, 2.75) is 6.92 Å². The molecule has 2 aromatic carbocycles. The topological polar surface area (TPSA) is 89.0 Å². The lowest BCUT2D eigenvalue weighted by Gasteiger charge is -2.14. The van der Waals surface area contributed by atoms with E-state index in [4.69, 9.17) is 16.0 Å². The standard InChI is InChI=1S/C21H9ClF5N3O4/c1-8-12(21(31)29(28-8)20-18(26)16(24)15(23)17(25)19(20)27)7-10-3-5-14(34-10)11-4-2-9(30(32)33)6-13(11)22/h2-7H,1H3/b12-7+. The summed E-state index contributed by atoms with van der Waals surface area (Å²) < 4.78 is 74.3. The zero-order valence-electron chi connectivity index (χ0n) is 16.7.